The first-order valence-electron chi connectivity index (χ1n) is 11.0. The van der Waals surface area contributed by atoms with Gasteiger partial charge in [-0.2, -0.15) is 13.2 Å². The molecule has 0 unspecified atom stereocenters. The van der Waals surface area contributed by atoms with Gasteiger partial charge in [-0.3, -0.25) is 0 Å². The van der Waals surface area contributed by atoms with Gasteiger partial charge in [-0.1, -0.05) is 23.9 Å². The zero-order valence-electron chi connectivity index (χ0n) is 20.0. The predicted molar refractivity (Wildman–Crippen MR) is 129 cm³/mol. The smallest absolute Gasteiger partial charge is 0.416 e. The molecule has 0 aliphatic rings. The summed E-state index contributed by atoms with van der Waals surface area (Å²) in [6, 6.07) is 14.6. The largest absolute Gasteiger partial charge is 0.489 e. The molecule has 0 aliphatic carbocycles. The van der Waals surface area contributed by atoms with Crippen LogP contribution in [0.25, 0.3) is 0 Å². The Labute approximate surface area is 207 Å². The van der Waals surface area contributed by atoms with E-state index in [1.54, 1.807) is 18.7 Å². The summed E-state index contributed by atoms with van der Waals surface area (Å²) >= 11 is 1.63. The topological polar surface area (TPSA) is 44.8 Å². The number of carbonyl (C=O) groups excluding carboxylic acids is 1. The number of alkyl halides is 3. The lowest BCUT2D eigenvalue weighted by Gasteiger charge is -2.14. The second-order valence-electron chi connectivity index (χ2n) is 7.99. The molecular formula is C27H27F3O4S. The molecule has 0 heterocycles. The van der Waals surface area contributed by atoms with Crippen LogP contribution < -0.4 is 9.47 Å². The summed E-state index contributed by atoms with van der Waals surface area (Å²) in [6.07, 6.45) is -4.37. The Morgan fingerprint density at radius 2 is 1.54 bits per heavy atom. The minimum atomic E-state index is -4.37. The standard InChI is InChI=1S/C27H27F3O4S/c1-5-32-26(31)16-34-23-13-19(4)25(14-17(23)2)35-24-11-6-20(12-18(24)3)15-33-22-9-7-21(8-10-22)27(28,29)30/h6-14H,5,15-16H2,1-4H3. The Hall–Kier alpha value is -3.13. The maximum atomic E-state index is 12.7. The molecular weight excluding hydrogens is 477 g/mol. The van der Waals surface area contributed by atoms with Crippen molar-refractivity contribution in [3.05, 3.63) is 82.4 Å². The first-order valence-corrected chi connectivity index (χ1v) is 11.9. The molecule has 4 nitrogen and oxygen atoms in total. The third kappa shape index (κ3) is 7.42. The third-order valence-corrected chi connectivity index (χ3v) is 6.51. The molecule has 0 radical (unpaired) electrons. The highest BCUT2D eigenvalue weighted by molar-refractivity contribution is 7.99. The van der Waals surface area contributed by atoms with Crippen LogP contribution in [0.1, 0.15) is 34.7 Å². The Morgan fingerprint density at radius 1 is 0.857 bits per heavy atom. The molecule has 0 saturated heterocycles. The fourth-order valence-corrected chi connectivity index (χ4v) is 4.36. The Bertz CT molecular complexity index is 1170. The highest BCUT2D eigenvalue weighted by atomic mass is 32.2. The van der Waals surface area contributed by atoms with Crippen molar-refractivity contribution in [2.24, 2.45) is 0 Å². The number of esters is 1. The number of carbonyl (C=O) groups is 1. The molecule has 0 atom stereocenters. The SMILES string of the molecule is CCOC(=O)COc1cc(C)c(Sc2ccc(COc3ccc(C(F)(F)F)cc3)cc2C)cc1C. The average Bonchev–Trinajstić information content (AvgIpc) is 2.80. The van der Waals surface area contributed by atoms with Gasteiger partial charge >= 0.3 is 12.1 Å². The summed E-state index contributed by atoms with van der Waals surface area (Å²) in [5.41, 5.74) is 3.21. The molecule has 8 heteroatoms. The van der Waals surface area contributed by atoms with Gasteiger partial charge in [0.25, 0.3) is 0 Å². The van der Waals surface area contributed by atoms with Crippen molar-refractivity contribution < 1.29 is 32.2 Å². The van der Waals surface area contributed by atoms with Crippen LogP contribution in [0.5, 0.6) is 11.5 Å². The third-order valence-electron chi connectivity index (χ3n) is 5.17. The van der Waals surface area contributed by atoms with E-state index in [0.29, 0.717) is 18.1 Å². The molecule has 0 aromatic heterocycles. The van der Waals surface area contributed by atoms with Gasteiger partial charge in [-0.25, -0.2) is 4.79 Å². The highest BCUT2D eigenvalue weighted by Crippen LogP contribution is 2.36. The number of halogens is 3. The van der Waals surface area contributed by atoms with Gasteiger partial charge in [0.2, 0.25) is 0 Å². The first kappa shape index (κ1) is 26.5. The minimum absolute atomic E-state index is 0.129. The molecule has 0 fully saturated rings. The van der Waals surface area contributed by atoms with Crippen LogP contribution in [0.3, 0.4) is 0 Å². The number of hydrogen-bond donors (Lipinski definition) is 0. The fraction of sp³-hybridized carbons (Fsp3) is 0.296. The van der Waals surface area contributed by atoms with E-state index in [1.165, 1.54) is 12.1 Å². The van der Waals surface area contributed by atoms with Crippen LogP contribution in [0.4, 0.5) is 13.2 Å². The van der Waals surface area contributed by atoms with Crippen molar-refractivity contribution in [3.8, 4) is 11.5 Å². The minimum Gasteiger partial charge on any atom is -0.489 e. The normalized spacial score (nSPS) is 11.3. The van der Waals surface area contributed by atoms with Crippen LogP contribution in [-0.4, -0.2) is 19.2 Å². The molecule has 186 valence electrons. The number of rotatable bonds is 9. The van der Waals surface area contributed by atoms with Crippen molar-refractivity contribution in [1.82, 2.24) is 0 Å². The van der Waals surface area contributed by atoms with Crippen molar-refractivity contribution in [2.45, 2.75) is 50.3 Å². The Morgan fingerprint density at radius 3 is 2.17 bits per heavy atom. The zero-order chi connectivity index (χ0) is 25.6. The molecule has 0 amide bonds. The summed E-state index contributed by atoms with van der Waals surface area (Å²) in [5.74, 6) is 0.624. The molecule has 0 saturated carbocycles. The molecule has 0 N–H and O–H groups in total. The zero-order valence-corrected chi connectivity index (χ0v) is 20.8. The molecule has 3 aromatic carbocycles. The summed E-state index contributed by atoms with van der Waals surface area (Å²) in [7, 11) is 0. The molecule has 3 rings (SSSR count). The second-order valence-corrected chi connectivity index (χ2v) is 9.07. The van der Waals surface area contributed by atoms with Gasteiger partial charge in [0.1, 0.15) is 18.1 Å². The van der Waals surface area contributed by atoms with Gasteiger partial charge in [-0.15, -0.1) is 0 Å². The van der Waals surface area contributed by atoms with Crippen molar-refractivity contribution in [2.75, 3.05) is 13.2 Å². The molecule has 35 heavy (non-hydrogen) atoms. The van der Waals surface area contributed by atoms with E-state index in [0.717, 1.165) is 44.2 Å². The monoisotopic (exact) mass is 504 g/mol. The van der Waals surface area contributed by atoms with Crippen molar-refractivity contribution in [3.63, 3.8) is 0 Å². The van der Waals surface area contributed by atoms with E-state index in [1.807, 2.05) is 51.1 Å². The lowest BCUT2D eigenvalue weighted by Crippen LogP contribution is -2.15. The van der Waals surface area contributed by atoms with Gasteiger partial charge in [-0.05, 0) is 92.4 Å². The van der Waals surface area contributed by atoms with Gasteiger partial charge in [0, 0.05) is 9.79 Å². The Kier molecular flexibility index (Phi) is 8.72. The van der Waals surface area contributed by atoms with Crippen LogP contribution in [0.2, 0.25) is 0 Å². The van der Waals surface area contributed by atoms with E-state index in [-0.39, 0.29) is 13.2 Å². The van der Waals surface area contributed by atoms with E-state index in [4.69, 9.17) is 14.2 Å². The number of ether oxygens (including phenoxy) is 3. The molecule has 3 aromatic rings. The quantitative estimate of drug-likeness (QED) is 0.286. The van der Waals surface area contributed by atoms with Crippen LogP contribution in [-0.2, 0) is 22.3 Å². The van der Waals surface area contributed by atoms with Gasteiger partial charge in [0.15, 0.2) is 6.61 Å². The summed E-state index contributed by atoms with van der Waals surface area (Å²) in [6.45, 7) is 8.11. The number of hydrogen-bond acceptors (Lipinski definition) is 5. The van der Waals surface area contributed by atoms with Crippen LogP contribution >= 0.6 is 11.8 Å². The number of aryl methyl sites for hydroxylation is 3. The maximum absolute atomic E-state index is 12.7. The lowest BCUT2D eigenvalue weighted by atomic mass is 10.1. The van der Waals surface area contributed by atoms with E-state index >= 15 is 0 Å². The average molecular weight is 505 g/mol. The fourth-order valence-electron chi connectivity index (χ4n) is 3.31. The molecule has 0 aliphatic heterocycles. The van der Waals surface area contributed by atoms with Gasteiger partial charge < -0.3 is 14.2 Å². The van der Waals surface area contributed by atoms with Crippen molar-refractivity contribution in [1.29, 1.82) is 0 Å². The van der Waals surface area contributed by atoms with Gasteiger partial charge in [0.05, 0.1) is 12.2 Å². The molecule has 0 bridgehead atoms. The van der Waals surface area contributed by atoms with E-state index < -0.39 is 17.7 Å². The predicted octanol–water partition coefficient (Wildman–Crippen LogP) is 7.30. The van der Waals surface area contributed by atoms with E-state index in [9.17, 15) is 18.0 Å². The first-order chi connectivity index (χ1) is 16.6. The number of benzene rings is 3. The molecule has 0 spiro atoms. The summed E-state index contributed by atoms with van der Waals surface area (Å²) in [5, 5.41) is 0. The van der Waals surface area contributed by atoms with E-state index in [2.05, 4.69) is 0 Å². The summed E-state index contributed by atoms with van der Waals surface area (Å²) < 4.78 is 54.3. The Balaban J connectivity index is 1.63. The lowest BCUT2D eigenvalue weighted by molar-refractivity contribution is -0.145. The summed E-state index contributed by atoms with van der Waals surface area (Å²) in [4.78, 5) is 13.7. The van der Waals surface area contributed by atoms with Crippen LogP contribution in [0, 0.1) is 20.8 Å². The van der Waals surface area contributed by atoms with Crippen molar-refractivity contribution >= 4 is 17.7 Å². The second kappa shape index (κ2) is 11.5. The highest BCUT2D eigenvalue weighted by Gasteiger charge is 2.30. The maximum Gasteiger partial charge on any atom is 0.416 e. The van der Waals surface area contributed by atoms with Crippen LogP contribution in [0.15, 0.2) is 64.4 Å².